The van der Waals surface area contributed by atoms with Gasteiger partial charge in [-0.25, -0.2) is 0 Å². The van der Waals surface area contributed by atoms with Crippen LogP contribution in [0.3, 0.4) is 0 Å². The van der Waals surface area contributed by atoms with E-state index in [0.29, 0.717) is 18.6 Å². The zero-order valence-corrected chi connectivity index (χ0v) is 9.14. The summed E-state index contributed by atoms with van der Waals surface area (Å²) in [6.45, 7) is 8.51. The van der Waals surface area contributed by atoms with E-state index in [2.05, 4.69) is 5.01 Å². The van der Waals surface area contributed by atoms with Gasteiger partial charge in [0.15, 0.2) is 0 Å². The fourth-order valence-corrected chi connectivity index (χ4v) is 1.51. The fourth-order valence-electron chi connectivity index (χ4n) is 1.51. The van der Waals surface area contributed by atoms with Crippen LogP contribution in [-0.4, -0.2) is 5.91 Å². The number of amides is 1. The molecule has 84 valence electrons. The van der Waals surface area contributed by atoms with Crippen molar-refractivity contribution in [1.82, 2.24) is 0 Å². The van der Waals surface area contributed by atoms with Crippen molar-refractivity contribution >= 4 is 5.91 Å². The normalized spacial score (nSPS) is 11.5. The maximum atomic E-state index is 11.1. The minimum atomic E-state index is -0.293. The Morgan fingerprint density at radius 2 is 2.38 bits per heavy atom. The Hall–Kier alpha value is -2.02. The molecule has 1 unspecified atom stereocenters. The van der Waals surface area contributed by atoms with Gasteiger partial charge >= 0.3 is 0 Å². The molecule has 1 amide bonds. The van der Waals surface area contributed by atoms with Gasteiger partial charge in [-0.3, -0.25) is 4.79 Å². The van der Waals surface area contributed by atoms with Crippen LogP contribution in [0.1, 0.15) is 18.9 Å². The predicted molar refractivity (Wildman–Crippen MR) is 60.4 cm³/mol. The Morgan fingerprint density at radius 1 is 1.62 bits per heavy atom. The highest BCUT2D eigenvalue weighted by Crippen LogP contribution is 2.18. The summed E-state index contributed by atoms with van der Waals surface area (Å²) in [6, 6.07) is 7.14. The van der Waals surface area contributed by atoms with Gasteiger partial charge in [0, 0.05) is 5.92 Å². The molecule has 0 saturated carbocycles. The molecule has 4 heteroatoms. The molecular formula is C12H14N2O2. The molecule has 0 radical (unpaired) electrons. The molecular weight excluding hydrogens is 204 g/mol. The molecule has 0 aliphatic heterocycles. The quantitative estimate of drug-likeness (QED) is 0.606. The number of benzene rings is 1. The minimum absolute atomic E-state index is 0.164. The van der Waals surface area contributed by atoms with Gasteiger partial charge in [-0.05, 0) is 35.5 Å². The van der Waals surface area contributed by atoms with Crippen LogP contribution in [0, 0.1) is 12.5 Å². The zero-order chi connectivity index (χ0) is 12.0. The number of carbonyl (C=O) groups excluding carboxylic acids is 1. The number of nitrogens with zero attached hydrogens (tertiary/aromatic N) is 1. The Morgan fingerprint density at radius 3 is 2.94 bits per heavy atom. The second-order valence-electron chi connectivity index (χ2n) is 3.54. The van der Waals surface area contributed by atoms with E-state index in [1.165, 1.54) is 0 Å². The van der Waals surface area contributed by atoms with E-state index in [1.54, 1.807) is 18.2 Å². The van der Waals surface area contributed by atoms with Crippen molar-refractivity contribution in [3.8, 4) is 5.75 Å². The molecule has 4 nitrogen and oxygen atoms in total. The summed E-state index contributed by atoms with van der Waals surface area (Å²) >= 11 is 0. The first-order valence-electron chi connectivity index (χ1n) is 5.09. The topological polar surface area (TPSA) is 56.7 Å². The van der Waals surface area contributed by atoms with E-state index >= 15 is 0 Å². The van der Waals surface area contributed by atoms with E-state index in [1.807, 2.05) is 13.0 Å². The SMILES string of the molecule is [C-]#[N+]Oc1cccc(CC(CC)C(N)=O)c1. The van der Waals surface area contributed by atoms with Crippen molar-refractivity contribution in [3.63, 3.8) is 0 Å². The number of hydrogen-bond acceptors (Lipinski definition) is 2. The van der Waals surface area contributed by atoms with Crippen molar-refractivity contribution in [2.24, 2.45) is 11.7 Å². The highest BCUT2D eigenvalue weighted by atomic mass is 16.6. The van der Waals surface area contributed by atoms with Crippen LogP contribution in [0.4, 0.5) is 0 Å². The monoisotopic (exact) mass is 218 g/mol. The first-order valence-corrected chi connectivity index (χ1v) is 5.09. The van der Waals surface area contributed by atoms with E-state index in [9.17, 15) is 4.79 Å². The van der Waals surface area contributed by atoms with Crippen molar-refractivity contribution in [1.29, 1.82) is 0 Å². The third-order valence-electron chi connectivity index (χ3n) is 2.43. The maximum absolute atomic E-state index is 11.1. The summed E-state index contributed by atoms with van der Waals surface area (Å²) in [5.41, 5.74) is 6.22. The summed E-state index contributed by atoms with van der Waals surface area (Å²) in [6.07, 6.45) is 1.30. The molecule has 1 atom stereocenters. The van der Waals surface area contributed by atoms with Crippen LogP contribution < -0.4 is 10.6 Å². The van der Waals surface area contributed by atoms with Crippen LogP contribution in [0.15, 0.2) is 24.3 Å². The van der Waals surface area contributed by atoms with Gasteiger partial charge < -0.3 is 5.73 Å². The van der Waals surface area contributed by atoms with E-state index in [0.717, 1.165) is 5.56 Å². The van der Waals surface area contributed by atoms with Gasteiger partial charge in [-0.2, -0.15) is 11.4 Å². The largest absolute Gasteiger partial charge is 0.369 e. The van der Waals surface area contributed by atoms with Gasteiger partial charge in [0.25, 0.3) is 0 Å². The lowest BCUT2D eigenvalue weighted by molar-refractivity contribution is -0.121. The van der Waals surface area contributed by atoms with Gasteiger partial charge in [-0.15, -0.1) is 0 Å². The highest BCUT2D eigenvalue weighted by Gasteiger charge is 2.13. The molecule has 16 heavy (non-hydrogen) atoms. The average molecular weight is 218 g/mol. The number of carbonyl (C=O) groups is 1. The maximum Gasteiger partial charge on any atom is 0.220 e. The van der Waals surface area contributed by atoms with Crippen LogP contribution in [0.2, 0.25) is 0 Å². The number of hydrogen-bond donors (Lipinski definition) is 1. The van der Waals surface area contributed by atoms with Crippen molar-refractivity contribution in [3.05, 3.63) is 41.4 Å². The predicted octanol–water partition coefficient (Wildman–Crippen LogP) is 1.95. The molecule has 1 aromatic rings. The lowest BCUT2D eigenvalue weighted by Crippen LogP contribution is -2.24. The number of rotatable bonds is 5. The van der Waals surface area contributed by atoms with Gasteiger partial charge in [0.1, 0.15) is 0 Å². The van der Waals surface area contributed by atoms with Crippen LogP contribution in [0.5, 0.6) is 5.75 Å². The molecule has 0 aliphatic rings. The van der Waals surface area contributed by atoms with Crippen molar-refractivity contribution in [2.75, 3.05) is 0 Å². The second-order valence-corrected chi connectivity index (χ2v) is 3.54. The van der Waals surface area contributed by atoms with Crippen LogP contribution in [0.25, 0.3) is 5.01 Å². The minimum Gasteiger partial charge on any atom is -0.369 e. The van der Waals surface area contributed by atoms with Crippen LogP contribution >= 0.6 is 0 Å². The molecule has 0 aliphatic carbocycles. The Kier molecular flexibility index (Phi) is 4.34. The summed E-state index contributed by atoms with van der Waals surface area (Å²) < 4.78 is 0. The van der Waals surface area contributed by atoms with E-state index in [-0.39, 0.29) is 11.8 Å². The summed E-state index contributed by atoms with van der Waals surface area (Å²) in [4.78, 5) is 15.8. The van der Waals surface area contributed by atoms with Crippen LogP contribution in [-0.2, 0) is 11.2 Å². The Bertz CT molecular complexity index is 410. The summed E-state index contributed by atoms with van der Waals surface area (Å²) in [5, 5.41) is 2.84. The smallest absolute Gasteiger partial charge is 0.220 e. The summed E-state index contributed by atoms with van der Waals surface area (Å²) in [7, 11) is 0. The summed E-state index contributed by atoms with van der Waals surface area (Å²) in [5.74, 6) is 0.0361. The molecule has 2 N–H and O–H groups in total. The molecule has 0 spiro atoms. The Balaban J connectivity index is 2.77. The van der Waals surface area contributed by atoms with Crippen molar-refractivity contribution < 1.29 is 9.63 Å². The molecule has 1 rings (SSSR count). The lowest BCUT2D eigenvalue weighted by atomic mass is 9.96. The van der Waals surface area contributed by atoms with E-state index < -0.39 is 0 Å². The molecule has 0 aromatic heterocycles. The van der Waals surface area contributed by atoms with Gasteiger partial charge in [0.2, 0.25) is 11.7 Å². The molecule has 0 heterocycles. The van der Waals surface area contributed by atoms with Gasteiger partial charge in [-0.1, -0.05) is 19.1 Å². The first-order chi connectivity index (χ1) is 7.67. The van der Waals surface area contributed by atoms with Crippen molar-refractivity contribution in [2.45, 2.75) is 19.8 Å². The Labute approximate surface area is 94.8 Å². The average Bonchev–Trinajstić information content (AvgIpc) is 2.26. The third-order valence-corrected chi connectivity index (χ3v) is 2.43. The number of primary amides is 1. The first kappa shape index (κ1) is 12.1. The number of nitrogens with two attached hydrogens (primary N) is 1. The molecule has 0 saturated heterocycles. The third kappa shape index (κ3) is 3.28. The second kappa shape index (κ2) is 5.76. The van der Waals surface area contributed by atoms with E-state index in [4.69, 9.17) is 17.1 Å². The van der Waals surface area contributed by atoms with Gasteiger partial charge in [0.05, 0.1) is 0 Å². The molecule has 0 fully saturated rings. The molecule has 1 aromatic carbocycles. The lowest BCUT2D eigenvalue weighted by Gasteiger charge is -2.10. The standard InChI is InChI=1S/C12H14N2O2/c1-3-10(12(13)15)7-9-5-4-6-11(8-9)16-14-2/h4-6,8,10H,3,7H2,1H3,(H2,13,15). The fraction of sp³-hybridized carbons (Fsp3) is 0.333. The molecule has 0 bridgehead atoms. The highest BCUT2D eigenvalue weighted by molar-refractivity contribution is 5.76. The zero-order valence-electron chi connectivity index (χ0n) is 9.14.